The van der Waals surface area contributed by atoms with E-state index in [0.717, 1.165) is 16.8 Å². The van der Waals surface area contributed by atoms with Gasteiger partial charge in [-0.15, -0.1) is 0 Å². The van der Waals surface area contributed by atoms with E-state index >= 15 is 0 Å². The number of H-pyrrole nitrogens is 1. The molecule has 5 nitrogen and oxygen atoms in total. The van der Waals surface area contributed by atoms with E-state index in [1.165, 1.54) is 6.33 Å². The summed E-state index contributed by atoms with van der Waals surface area (Å²) in [5.41, 5.74) is 3.13. The minimum absolute atomic E-state index is 0. The maximum atomic E-state index is 9.22. The van der Waals surface area contributed by atoms with Crippen molar-refractivity contribution >= 4 is 11.2 Å². The number of benzene rings is 1. The zero-order valence-corrected chi connectivity index (χ0v) is 12.4. The summed E-state index contributed by atoms with van der Waals surface area (Å²) in [6.07, 6.45) is 3.06. The van der Waals surface area contributed by atoms with Crippen LogP contribution in [0.4, 0.5) is 0 Å². The topological polar surface area (TPSA) is 74.7 Å². The number of aromatic amines is 1. The van der Waals surface area contributed by atoms with Gasteiger partial charge in [-0.25, -0.2) is 15.0 Å². The fourth-order valence-electron chi connectivity index (χ4n) is 1.60. The van der Waals surface area contributed by atoms with E-state index in [1.54, 1.807) is 30.6 Å². The van der Waals surface area contributed by atoms with Gasteiger partial charge in [0.1, 0.15) is 17.6 Å². The van der Waals surface area contributed by atoms with Gasteiger partial charge < -0.3 is 11.5 Å². The Morgan fingerprint density at radius 1 is 1.06 bits per heavy atom. The second-order valence-corrected chi connectivity index (χ2v) is 3.37. The maximum Gasteiger partial charge on any atom is 1.00 e. The van der Waals surface area contributed by atoms with Gasteiger partial charge in [0.05, 0.1) is 12.0 Å². The average molecular weight is 252 g/mol. The normalized spacial score (nSPS) is 10.1. The molecule has 17 heavy (non-hydrogen) atoms. The molecule has 0 spiro atoms. The van der Waals surface area contributed by atoms with Crippen molar-refractivity contribution in [1.82, 2.24) is 19.9 Å². The van der Waals surface area contributed by atoms with Gasteiger partial charge in [0, 0.05) is 5.56 Å². The second-order valence-electron chi connectivity index (χ2n) is 3.37. The smallest absolute Gasteiger partial charge is 1.00 e. The third-order valence-corrected chi connectivity index (χ3v) is 2.36. The molecule has 6 heteroatoms. The molecule has 0 aliphatic carbocycles. The van der Waals surface area contributed by atoms with Crippen molar-refractivity contribution in [2.45, 2.75) is 0 Å². The van der Waals surface area contributed by atoms with Crippen molar-refractivity contribution in [3.05, 3.63) is 36.9 Å². The van der Waals surface area contributed by atoms with Crippen LogP contribution >= 0.6 is 0 Å². The molecule has 0 unspecified atom stereocenters. The van der Waals surface area contributed by atoms with Gasteiger partial charge in [-0.05, 0) is 24.3 Å². The van der Waals surface area contributed by atoms with Crippen LogP contribution in [0, 0.1) is 0 Å². The number of aromatic nitrogens is 4. The Bertz CT molecular complexity index is 641. The van der Waals surface area contributed by atoms with Crippen LogP contribution in [0.2, 0.25) is 0 Å². The quantitative estimate of drug-likeness (QED) is 0.536. The minimum Gasteiger partial charge on any atom is -1.00 e. The third-order valence-electron chi connectivity index (χ3n) is 2.36. The number of nitrogens with zero attached hydrogens (tertiary/aromatic N) is 3. The molecule has 0 atom stereocenters. The van der Waals surface area contributed by atoms with Gasteiger partial charge in [0.15, 0.2) is 5.65 Å². The van der Waals surface area contributed by atoms with Gasteiger partial charge in [0.2, 0.25) is 0 Å². The fourth-order valence-corrected chi connectivity index (χ4v) is 1.60. The Balaban J connectivity index is 0.000000810. The van der Waals surface area contributed by atoms with E-state index < -0.39 is 0 Å². The van der Waals surface area contributed by atoms with E-state index in [-0.39, 0.29) is 58.6 Å². The molecule has 3 rings (SSSR count). The summed E-state index contributed by atoms with van der Waals surface area (Å²) in [6.45, 7) is 0. The molecule has 0 aliphatic rings. The number of hydrogen-bond donors (Lipinski definition) is 2. The van der Waals surface area contributed by atoms with Crippen molar-refractivity contribution in [1.29, 1.82) is 0 Å². The summed E-state index contributed by atoms with van der Waals surface area (Å²) in [4.78, 5) is 15.3. The molecule has 0 radical (unpaired) electrons. The van der Waals surface area contributed by atoms with Crippen LogP contribution in [-0.4, -0.2) is 25.0 Å². The van der Waals surface area contributed by atoms with Crippen LogP contribution in [0.25, 0.3) is 22.4 Å². The number of nitrogens with one attached hydrogen (secondary N) is 1. The number of aromatic hydroxyl groups is 1. The van der Waals surface area contributed by atoms with Crippen LogP contribution in [0.1, 0.15) is 1.43 Å². The van der Waals surface area contributed by atoms with Crippen molar-refractivity contribution < 1.29 is 57.9 Å². The third kappa shape index (κ3) is 2.41. The molecule has 0 fully saturated rings. The summed E-state index contributed by atoms with van der Waals surface area (Å²) in [7, 11) is 0. The molecule has 1 aromatic carbocycles. The van der Waals surface area contributed by atoms with Crippen molar-refractivity contribution in [2.24, 2.45) is 0 Å². The first-order valence-electron chi connectivity index (χ1n) is 4.78. The molecule has 0 saturated carbocycles. The number of rotatable bonds is 1. The van der Waals surface area contributed by atoms with Crippen LogP contribution in [0.5, 0.6) is 5.75 Å². The van der Waals surface area contributed by atoms with Crippen LogP contribution in [-0.2, 0) is 0 Å². The van der Waals surface area contributed by atoms with Crippen LogP contribution in [0.3, 0.4) is 0 Å². The molecular formula is C11H9KN4O. The fraction of sp³-hybridized carbons (Fsp3) is 0. The van der Waals surface area contributed by atoms with Gasteiger partial charge >= 0.3 is 51.4 Å². The number of fused-ring (bicyclic) bond motifs is 1. The Labute approximate surface area is 141 Å². The maximum absolute atomic E-state index is 9.22. The van der Waals surface area contributed by atoms with Gasteiger partial charge in [-0.3, -0.25) is 0 Å². The van der Waals surface area contributed by atoms with Gasteiger partial charge in [0.25, 0.3) is 0 Å². The SMILES string of the molecule is Oc1ccc(-c2ncnc3nc[nH]c23)cc1.[H-].[K+]. The van der Waals surface area contributed by atoms with E-state index in [2.05, 4.69) is 19.9 Å². The summed E-state index contributed by atoms with van der Waals surface area (Å²) in [5.74, 6) is 0.235. The standard InChI is InChI=1S/C11H8N4O.K.H/c16-8-3-1-7(2-4-8)9-10-11(14-5-12-9)15-6-13-10;;/h1-6,16H,(H,12,13,14,15);;/q;+1;-1. The van der Waals surface area contributed by atoms with Crippen LogP contribution < -0.4 is 51.4 Å². The van der Waals surface area contributed by atoms with E-state index in [1.807, 2.05) is 0 Å². The summed E-state index contributed by atoms with van der Waals surface area (Å²) in [6, 6.07) is 6.86. The Morgan fingerprint density at radius 2 is 1.82 bits per heavy atom. The predicted molar refractivity (Wildman–Crippen MR) is 59.9 cm³/mol. The Hall–Kier alpha value is -0.794. The number of imidazole rings is 1. The number of phenolic OH excluding ortho intramolecular Hbond substituents is 1. The van der Waals surface area contributed by atoms with Crippen molar-refractivity contribution in [3.63, 3.8) is 0 Å². The zero-order chi connectivity index (χ0) is 11.0. The molecule has 0 bridgehead atoms. The van der Waals surface area contributed by atoms with Crippen molar-refractivity contribution in [3.8, 4) is 17.0 Å². The Kier molecular flexibility index (Phi) is 3.90. The molecule has 0 aliphatic heterocycles. The van der Waals surface area contributed by atoms with E-state index in [9.17, 15) is 5.11 Å². The molecule has 3 aromatic rings. The van der Waals surface area contributed by atoms with Gasteiger partial charge in [-0.2, -0.15) is 0 Å². The zero-order valence-electron chi connectivity index (χ0n) is 10.3. The molecular weight excluding hydrogens is 243 g/mol. The predicted octanol–water partition coefficient (Wildman–Crippen LogP) is -1.16. The minimum atomic E-state index is 0. The number of hydrogen-bond acceptors (Lipinski definition) is 4. The second kappa shape index (κ2) is 5.24. The monoisotopic (exact) mass is 252 g/mol. The molecule has 0 saturated heterocycles. The van der Waals surface area contributed by atoms with Crippen LogP contribution in [0.15, 0.2) is 36.9 Å². The molecule has 80 valence electrons. The van der Waals surface area contributed by atoms with Crippen molar-refractivity contribution in [2.75, 3.05) is 0 Å². The molecule has 2 aromatic heterocycles. The first-order valence-corrected chi connectivity index (χ1v) is 4.78. The first kappa shape index (κ1) is 12.7. The summed E-state index contributed by atoms with van der Waals surface area (Å²) >= 11 is 0. The first-order chi connectivity index (χ1) is 7.84. The Morgan fingerprint density at radius 3 is 2.59 bits per heavy atom. The summed E-state index contributed by atoms with van der Waals surface area (Å²) in [5, 5.41) is 9.22. The van der Waals surface area contributed by atoms with E-state index in [4.69, 9.17) is 0 Å². The average Bonchev–Trinajstić information content (AvgIpc) is 2.78. The summed E-state index contributed by atoms with van der Waals surface area (Å²) < 4.78 is 0. The number of phenols is 1. The molecule has 2 heterocycles. The van der Waals surface area contributed by atoms with E-state index in [0.29, 0.717) is 5.65 Å². The largest absolute Gasteiger partial charge is 1.00 e. The molecule has 0 amide bonds. The molecule has 2 N–H and O–H groups in total. The van der Waals surface area contributed by atoms with Gasteiger partial charge in [-0.1, -0.05) is 0 Å².